The smallest absolute Gasteiger partial charge is 0.220 e. The summed E-state index contributed by atoms with van der Waals surface area (Å²) in [6.45, 7) is 2.70. The van der Waals surface area contributed by atoms with E-state index in [4.69, 9.17) is 11.5 Å². The summed E-state index contributed by atoms with van der Waals surface area (Å²) in [4.78, 5) is 15.8. The van der Waals surface area contributed by atoms with Crippen LogP contribution < -0.4 is 16.8 Å². The summed E-state index contributed by atoms with van der Waals surface area (Å²) >= 11 is 0. The van der Waals surface area contributed by atoms with Crippen LogP contribution in [0.2, 0.25) is 0 Å². The van der Waals surface area contributed by atoms with Gasteiger partial charge in [0, 0.05) is 13.0 Å². The van der Waals surface area contributed by atoms with Gasteiger partial charge in [-0.3, -0.25) is 9.79 Å². The molecule has 0 fully saturated rings. The maximum Gasteiger partial charge on any atom is 0.220 e. The van der Waals surface area contributed by atoms with E-state index in [1.54, 1.807) is 0 Å². The summed E-state index contributed by atoms with van der Waals surface area (Å²) in [6.07, 6.45) is 13.1. The number of aliphatic imine (C=N–C) groups is 1. The molecular formula is C18H38N4O2. The van der Waals surface area contributed by atoms with Crippen molar-refractivity contribution in [3.8, 4) is 0 Å². The fourth-order valence-electron chi connectivity index (χ4n) is 2.65. The molecule has 24 heavy (non-hydrogen) atoms. The van der Waals surface area contributed by atoms with Gasteiger partial charge < -0.3 is 21.9 Å². The number of rotatable bonds is 16. The number of nitrogens with one attached hydrogen (secondary N) is 1. The Kier molecular flexibility index (Phi) is 15.7. The number of hydrogen-bond acceptors (Lipinski definition) is 3. The summed E-state index contributed by atoms with van der Waals surface area (Å²) in [5.74, 6) is 0.101. The quantitative estimate of drug-likeness (QED) is 0.196. The Bertz CT molecular complexity index is 331. The number of nitrogens with two attached hydrogens (primary N) is 2. The van der Waals surface area contributed by atoms with E-state index in [2.05, 4.69) is 17.2 Å². The largest absolute Gasteiger partial charge is 0.394 e. The van der Waals surface area contributed by atoms with Gasteiger partial charge in [-0.05, 0) is 19.3 Å². The van der Waals surface area contributed by atoms with Crippen LogP contribution in [0.3, 0.4) is 0 Å². The third-order valence-electron chi connectivity index (χ3n) is 4.10. The van der Waals surface area contributed by atoms with Crippen molar-refractivity contribution in [1.82, 2.24) is 5.32 Å². The van der Waals surface area contributed by atoms with E-state index in [0.29, 0.717) is 19.4 Å². The molecule has 1 atom stereocenters. The van der Waals surface area contributed by atoms with Crippen LogP contribution in [0.1, 0.15) is 84.0 Å². The zero-order valence-electron chi connectivity index (χ0n) is 15.4. The Morgan fingerprint density at radius 1 is 1.00 bits per heavy atom. The fourth-order valence-corrected chi connectivity index (χ4v) is 2.65. The molecule has 1 unspecified atom stereocenters. The van der Waals surface area contributed by atoms with Crippen LogP contribution in [-0.4, -0.2) is 36.2 Å². The molecule has 0 saturated carbocycles. The summed E-state index contributed by atoms with van der Waals surface area (Å²) in [5, 5.41) is 12.2. The molecule has 6 nitrogen and oxygen atoms in total. The molecule has 0 radical (unpaired) electrons. The molecule has 0 spiro atoms. The van der Waals surface area contributed by atoms with Crippen LogP contribution in [0.4, 0.5) is 0 Å². The van der Waals surface area contributed by atoms with Gasteiger partial charge in [-0.25, -0.2) is 0 Å². The van der Waals surface area contributed by atoms with E-state index in [9.17, 15) is 9.90 Å². The molecule has 0 bridgehead atoms. The third kappa shape index (κ3) is 15.6. The van der Waals surface area contributed by atoms with Gasteiger partial charge in [0.2, 0.25) is 5.91 Å². The Morgan fingerprint density at radius 2 is 1.58 bits per heavy atom. The highest BCUT2D eigenvalue weighted by molar-refractivity contribution is 5.76. The third-order valence-corrected chi connectivity index (χ3v) is 4.10. The Labute approximate surface area is 147 Å². The van der Waals surface area contributed by atoms with Crippen molar-refractivity contribution in [3.63, 3.8) is 0 Å². The number of carbonyl (C=O) groups excluding carboxylic acids is 1. The molecule has 0 aromatic rings. The lowest BCUT2D eigenvalue weighted by atomic mass is 10.1. The first-order valence-corrected chi connectivity index (χ1v) is 9.55. The van der Waals surface area contributed by atoms with Gasteiger partial charge in [0.1, 0.15) is 0 Å². The number of nitrogens with zero attached hydrogens (tertiary/aromatic N) is 1. The van der Waals surface area contributed by atoms with Gasteiger partial charge in [0.15, 0.2) is 5.96 Å². The van der Waals surface area contributed by atoms with Gasteiger partial charge in [-0.1, -0.05) is 58.3 Å². The summed E-state index contributed by atoms with van der Waals surface area (Å²) in [6, 6.07) is -0.203. The van der Waals surface area contributed by atoms with Gasteiger partial charge in [-0.15, -0.1) is 0 Å². The lowest BCUT2D eigenvalue weighted by Gasteiger charge is -2.15. The fraction of sp³-hybridized carbons (Fsp3) is 0.889. The second kappa shape index (κ2) is 16.6. The van der Waals surface area contributed by atoms with Crippen molar-refractivity contribution in [2.45, 2.75) is 90.0 Å². The van der Waals surface area contributed by atoms with Crippen LogP contribution in [0.5, 0.6) is 0 Å². The molecule has 0 aromatic carbocycles. The monoisotopic (exact) mass is 342 g/mol. The van der Waals surface area contributed by atoms with E-state index in [1.165, 1.54) is 44.9 Å². The highest BCUT2D eigenvalue weighted by Gasteiger charge is 2.10. The van der Waals surface area contributed by atoms with E-state index >= 15 is 0 Å². The van der Waals surface area contributed by atoms with Crippen LogP contribution in [0, 0.1) is 0 Å². The van der Waals surface area contributed by atoms with Gasteiger partial charge in [0.25, 0.3) is 0 Å². The van der Waals surface area contributed by atoms with E-state index in [0.717, 1.165) is 19.3 Å². The predicted octanol–water partition coefficient (Wildman–Crippen LogP) is 2.44. The molecule has 0 aliphatic heterocycles. The van der Waals surface area contributed by atoms with Crippen LogP contribution >= 0.6 is 0 Å². The van der Waals surface area contributed by atoms with Crippen molar-refractivity contribution in [3.05, 3.63) is 0 Å². The molecule has 6 heteroatoms. The number of aliphatic hydroxyl groups is 1. The number of carbonyl (C=O) groups is 1. The van der Waals surface area contributed by atoms with Crippen molar-refractivity contribution >= 4 is 11.9 Å². The highest BCUT2D eigenvalue weighted by atomic mass is 16.3. The molecule has 0 aliphatic carbocycles. The molecule has 0 aromatic heterocycles. The minimum Gasteiger partial charge on any atom is -0.394 e. The Morgan fingerprint density at radius 3 is 2.12 bits per heavy atom. The topological polar surface area (TPSA) is 114 Å². The van der Waals surface area contributed by atoms with E-state index in [1.807, 2.05) is 0 Å². The molecule has 0 heterocycles. The molecule has 6 N–H and O–H groups in total. The first kappa shape index (κ1) is 22.7. The molecule has 0 rings (SSSR count). The lowest BCUT2D eigenvalue weighted by molar-refractivity contribution is -0.122. The van der Waals surface area contributed by atoms with Crippen molar-refractivity contribution in [2.75, 3.05) is 13.2 Å². The van der Waals surface area contributed by atoms with Gasteiger partial charge in [0.05, 0.1) is 12.6 Å². The average molecular weight is 343 g/mol. The normalized spacial score (nSPS) is 11.9. The number of amides is 1. The van der Waals surface area contributed by atoms with Gasteiger partial charge >= 0.3 is 0 Å². The summed E-state index contributed by atoms with van der Waals surface area (Å²) < 4.78 is 0. The highest BCUT2D eigenvalue weighted by Crippen LogP contribution is 2.10. The number of hydrogen-bond donors (Lipinski definition) is 4. The van der Waals surface area contributed by atoms with E-state index in [-0.39, 0.29) is 24.5 Å². The second-order valence-corrected chi connectivity index (χ2v) is 6.47. The van der Waals surface area contributed by atoms with Crippen molar-refractivity contribution < 1.29 is 9.90 Å². The minimum absolute atomic E-state index is 0.0267. The Hall–Kier alpha value is -1.30. The number of unbranched alkanes of at least 4 members (excludes halogenated alkanes) is 8. The second-order valence-electron chi connectivity index (χ2n) is 6.47. The first-order chi connectivity index (χ1) is 11.6. The van der Waals surface area contributed by atoms with E-state index < -0.39 is 0 Å². The van der Waals surface area contributed by atoms with Crippen LogP contribution in [0.25, 0.3) is 0 Å². The molecule has 142 valence electrons. The van der Waals surface area contributed by atoms with Gasteiger partial charge in [-0.2, -0.15) is 0 Å². The zero-order chi connectivity index (χ0) is 18.0. The minimum atomic E-state index is -0.203. The average Bonchev–Trinajstić information content (AvgIpc) is 2.55. The number of aliphatic hydroxyl groups excluding tert-OH is 1. The SMILES string of the molecule is CCCCCCCCCCCC(=O)NC(CO)CCCN=C(N)N. The standard InChI is InChI=1S/C18H38N4O2/c1-2-3-4-5-6-7-8-9-10-13-17(24)22-16(15-23)12-11-14-21-18(19)20/h16,23H,2-15H2,1H3,(H,22,24)(H4,19,20,21). The lowest BCUT2D eigenvalue weighted by Crippen LogP contribution is -2.37. The molecule has 0 aliphatic rings. The van der Waals surface area contributed by atoms with Crippen molar-refractivity contribution in [1.29, 1.82) is 0 Å². The molecule has 0 saturated heterocycles. The van der Waals surface area contributed by atoms with Crippen molar-refractivity contribution in [2.24, 2.45) is 16.5 Å². The van der Waals surface area contributed by atoms with Crippen LogP contribution in [-0.2, 0) is 4.79 Å². The summed E-state index contributed by atoms with van der Waals surface area (Å²) in [7, 11) is 0. The first-order valence-electron chi connectivity index (χ1n) is 9.55. The predicted molar refractivity (Wildman–Crippen MR) is 101 cm³/mol. The zero-order valence-corrected chi connectivity index (χ0v) is 15.4. The maximum absolute atomic E-state index is 11.9. The van der Waals surface area contributed by atoms with Crippen LogP contribution in [0.15, 0.2) is 4.99 Å². The maximum atomic E-state index is 11.9. The molecular weight excluding hydrogens is 304 g/mol. The summed E-state index contributed by atoms with van der Waals surface area (Å²) in [5.41, 5.74) is 10.5. The Balaban J connectivity index is 3.56. The molecule has 1 amide bonds. The number of guanidine groups is 1.